The Hall–Kier alpha value is -1.72. The van der Waals surface area contributed by atoms with Crippen molar-refractivity contribution in [1.82, 2.24) is 0 Å². The van der Waals surface area contributed by atoms with E-state index in [1.807, 2.05) is 0 Å². The molecule has 4 nitrogen and oxygen atoms in total. The molecule has 0 saturated heterocycles. The summed E-state index contributed by atoms with van der Waals surface area (Å²) in [5.74, 6) is -0.129. The Morgan fingerprint density at radius 2 is 1.44 bits per heavy atom. The Morgan fingerprint density at radius 1 is 0.889 bits per heavy atom. The summed E-state index contributed by atoms with van der Waals surface area (Å²) in [5.41, 5.74) is 0. The standard InChI is InChI=1S/C12H9ClO4S/c13-11-7-9(15)3-6-12(11)18(16,17)10-4-1-8(14)2-5-10/h1-7,14-15H. The Labute approximate surface area is 109 Å². The summed E-state index contributed by atoms with van der Waals surface area (Å²) in [6.45, 7) is 0. The average molecular weight is 285 g/mol. The number of benzene rings is 2. The normalized spacial score (nSPS) is 11.4. The van der Waals surface area contributed by atoms with Crippen LogP contribution in [0.15, 0.2) is 52.3 Å². The molecule has 0 radical (unpaired) electrons. The van der Waals surface area contributed by atoms with E-state index in [4.69, 9.17) is 16.7 Å². The van der Waals surface area contributed by atoms with Crippen LogP contribution >= 0.6 is 11.6 Å². The van der Waals surface area contributed by atoms with Crippen molar-refractivity contribution < 1.29 is 18.6 Å². The molecule has 0 atom stereocenters. The second-order valence-corrected chi connectivity index (χ2v) is 5.94. The number of rotatable bonds is 2. The number of hydrogen-bond acceptors (Lipinski definition) is 4. The van der Waals surface area contributed by atoms with Gasteiger partial charge in [0.2, 0.25) is 9.84 Å². The van der Waals surface area contributed by atoms with Gasteiger partial charge in [-0.3, -0.25) is 0 Å². The van der Waals surface area contributed by atoms with E-state index < -0.39 is 9.84 Å². The highest BCUT2D eigenvalue weighted by molar-refractivity contribution is 7.91. The van der Waals surface area contributed by atoms with E-state index >= 15 is 0 Å². The lowest BCUT2D eigenvalue weighted by atomic mass is 10.3. The van der Waals surface area contributed by atoms with Crippen LogP contribution in [0.4, 0.5) is 0 Å². The van der Waals surface area contributed by atoms with Crippen LogP contribution in [0.25, 0.3) is 0 Å². The maximum atomic E-state index is 12.2. The summed E-state index contributed by atoms with van der Waals surface area (Å²) in [6, 6.07) is 8.78. The van der Waals surface area contributed by atoms with Crippen molar-refractivity contribution in [3.8, 4) is 11.5 Å². The van der Waals surface area contributed by atoms with Gasteiger partial charge < -0.3 is 10.2 Å². The van der Waals surface area contributed by atoms with Gasteiger partial charge in [0, 0.05) is 0 Å². The predicted molar refractivity (Wildman–Crippen MR) is 66.7 cm³/mol. The quantitative estimate of drug-likeness (QED) is 0.889. The van der Waals surface area contributed by atoms with Crippen LogP contribution in [0.3, 0.4) is 0 Å². The number of aromatic hydroxyl groups is 2. The van der Waals surface area contributed by atoms with Crippen LogP contribution < -0.4 is 0 Å². The Balaban J connectivity index is 2.58. The van der Waals surface area contributed by atoms with E-state index in [9.17, 15) is 13.5 Å². The molecule has 18 heavy (non-hydrogen) atoms. The molecular formula is C12H9ClO4S. The van der Waals surface area contributed by atoms with E-state index in [1.54, 1.807) is 0 Å². The van der Waals surface area contributed by atoms with Crippen LogP contribution in [0.5, 0.6) is 11.5 Å². The van der Waals surface area contributed by atoms with Crippen LogP contribution in [0, 0.1) is 0 Å². The lowest BCUT2D eigenvalue weighted by Gasteiger charge is -2.07. The van der Waals surface area contributed by atoms with Crippen molar-refractivity contribution in [2.45, 2.75) is 9.79 Å². The van der Waals surface area contributed by atoms with Gasteiger partial charge >= 0.3 is 0 Å². The molecule has 0 heterocycles. The van der Waals surface area contributed by atoms with Gasteiger partial charge in [0.25, 0.3) is 0 Å². The fourth-order valence-electron chi connectivity index (χ4n) is 1.46. The minimum Gasteiger partial charge on any atom is -0.508 e. The number of phenolic OH excluding ortho intramolecular Hbond substituents is 2. The molecule has 0 aliphatic rings. The van der Waals surface area contributed by atoms with Crippen molar-refractivity contribution in [3.05, 3.63) is 47.5 Å². The molecule has 2 aromatic rings. The summed E-state index contributed by atoms with van der Waals surface area (Å²) in [4.78, 5) is -0.0689. The molecule has 0 aliphatic carbocycles. The lowest BCUT2D eigenvalue weighted by molar-refractivity contribution is 0.474. The third kappa shape index (κ3) is 2.27. The Bertz CT molecular complexity index is 678. The maximum Gasteiger partial charge on any atom is 0.208 e. The number of phenols is 2. The van der Waals surface area contributed by atoms with E-state index in [2.05, 4.69) is 0 Å². The molecule has 0 fully saturated rings. The highest BCUT2D eigenvalue weighted by Gasteiger charge is 2.20. The zero-order chi connectivity index (χ0) is 13.3. The average Bonchev–Trinajstić information content (AvgIpc) is 2.29. The number of halogens is 1. The van der Waals surface area contributed by atoms with E-state index in [0.717, 1.165) is 6.07 Å². The van der Waals surface area contributed by atoms with Gasteiger partial charge in [-0.25, -0.2) is 8.42 Å². The monoisotopic (exact) mass is 284 g/mol. The molecule has 2 N–H and O–H groups in total. The van der Waals surface area contributed by atoms with Gasteiger partial charge in [0.15, 0.2) is 0 Å². The molecule has 2 rings (SSSR count). The fourth-order valence-corrected chi connectivity index (χ4v) is 3.25. The molecule has 0 spiro atoms. The molecule has 2 aromatic carbocycles. The van der Waals surface area contributed by atoms with Gasteiger partial charge in [0.05, 0.1) is 14.8 Å². The molecular weight excluding hydrogens is 276 g/mol. The Morgan fingerprint density at radius 3 is 2.00 bits per heavy atom. The zero-order valence-corrected chi connectivity index (χ0v) is 10.6. The molecule has 0 bridgehead atoms. The summed E-state index contributed by atoms with van der Waals surface area (Å²) < 4.78 is 24.5. The molecule has 0 aliphatic heterocycles. The van der Waals surface area contributed by atoms with Crippen molar-refractivity contribution in [2.75, 3.05) is 0 Å². The first kappa shape index (κ1) is 12.7. The third-order valence-corrected chi connectivity index (χ3v) is 4.60. The smallest absolute Gasteiger partial charge is 0.208 e. The van der Waals surface area contributed by atoms with Crippen LogP contribution in [0.1, 0.15) is 0 Å². The summed E-state index contributed by atoms with van der Waals surface area (Å²) in [7, 11) is -3.76. The van der Waals surface area contributed by atoms with Crippen molar-refractivity contribution >= 4 is 21.4 Å². The SMILES string of the molecule is O=S(=O)(c1ccc(O)cc1)c1ccc(O)cc1Cl. The summed E-state index contributed by atoms with van der Waals surface area (Å²) >= 11 is 5.81. The second-order valence-electron chi connectivity index (χ2n) is 3.61. The number of sulfone groups is 1. The Kier molecular flexibility index (Phi) is 3.19. The first-order valence-electron chi connectivity index (χ1n) is 4.94. The van der Waals surface area contributed by atoms with Crippen molar-refractivity contribution in [3.63, 3.8) is 0 Å². The fraction of sp³-hybridized carbons (Fsp3) is 0. The van der Waals surface area contributed by atoms with Gasteiger partial charge in [-0.05, 0) is 42.5 Å². The zero-order valence-electron chi connectivity index (χ0n) is 9.04. The molecule has 94 valence electrons. The first-order chi connectivity index (χ1) is 8.41. The largest absolute Gasteiger partial charge is 0.508 e. The highest BCUT2D eigenvalue weighted by atomic mass is 35.5. The summed E-state index contributed by atoms with van der Waals surface area (Å²) in [6.07, 6.45) is 0. The number of hydrogen-bond donors (Lipinski definition) is 2. The van der Waals surface area contributed by atoms with Gasteiger partial charge in [-0.2, -0.15) is 0 Å². The van der Waals surface area contributed by atoms with Crippen LogP contribution in [-0.2, 0) is 9.84 Å². The first-order valence-corrected chi connectivity index (χ1v) is 6.80. The molecule has 0 unspecified atom stereocenters. The van der Waals surface area contributed by atoms with E-state index in [-0.39, 0.29) is 26.3 Å². The van der Waals surface area contributed by atoms with Crippen LogP contribution in [-0.4, -0.2) is 18.6 Å². The molecule has 0 amide bonds. The predicted octanol–water partition coefficient (Wildman–Crippen LogP) is 2.58. The third-order valence-electron chi connectivity index (χ3n) is 2.35. The van der Waals surface area contributed by atoms with Crippen LogP contribution in [0.2, 0.25) is 5.02 Å². The van der Waals surface area contributed by atoms with E-state index in [0.29, 0.717) is 0 Å². The van der Waals surface area contributed by atoms with Gasteiger partial charge in [0.1, 0.15) is 11.5 Å². The van der Waals surface area contributed by atoms with E-state index in [1.165, 1.54) is 36.4 Å². The maximum absolute atomic E-state index is 12.2. The van der Waals surface area contributed by atoms with Crippen molar-refractivity contribution in [1.29, 1.82) is 0 Å². The minimum atomic E-state index is -3.76. The topological polar surface area (TPSA) is 74.6 Å². The molecule has 0 aromatic heterocycles. The molecule has 6 heteroatoms. The minimum absolute atomic E-state index is 0.0212. The lowest BCUT2D eigenvalue weighted by Crippen LogP contribution is -2.02. The van der Waals surface area contributed by atoms with Crippen molar-refractivity contribution in [2.24, 2.45) is 0 Å². The second kappa shape index (κ2) is 4.51. The summed E-state index contributed by atoms with van der Waals surface area (Å²) in [5, 5.41) is 18.3. The van der Waals surface area contributed by atoms with Gasteiger partial charge in [-0.1, -0.05) is 11.6 Å². The van der Waals surface area contributed by atoms with Gasteiger partial charge in [-0.15, -0.1) is 0 Å². The highest BCUT2D eigenvalue weighted by Crippen LogP contribution is 2.30. The molecule has 0 saturated carbocycles.